The zero-order valence-electron chi connectivity index (χ0n) is 17.5. The van der Waals surface area contributed by atoms with E-state index in [4.69, 9.17) is 4.74 Å². The van der Waals surface area contributed by atoms with E-state index in [0.29, 0.717) is 17.0 Å². The number of Topliss-reactive ketones (excluding diaryl/α,β-unsaturated/α-hetero) is 1. The SMILES string of the molecule is Cc1cc(C)n2nc(C(=O)OCC(=O)c3c(-c4ccccc4)[nH]c4ccccc34)nc2n1. The Morgan fingerprint density at radius 3 is 2.56 bits per heavy atom. The molecule has 0 saturated heterocycles. The van der Waals surface area contributed by atoms with Crippen molar-refractivity contribution in [3.05, 3.63) is 83.4 Å². The molecule has 5 aromatic rings. The summed E-state index contributed by atoms with van der Waals surface area (Å²) >= 11 is 0. The van der Waals surface area contributed by atoms with Gasteiger partial charge in [0.2, 0.25) is 5.78 Å². The second-order valence-corrected chi connectivity index (χ2v) is 7.47. The van der Waals surface area contributed by atoms with Crippen LogP contribution in [0.1, 0.15) is 32.4 Å². The van der Waals surface area contributed by atoms with Crippen LogP contribution in [0.15, 0.2) is 60.7 Å². The number of nitrogens with one attached hydrogen (secondary N) is 1. The largest absolute Gasteiger partial charge is 0.451 e. The van der Waals surface area contributed by atoms with Crippen LogP contribution in [0.3, 0.4) is 0 Å². The quantitative estimate of drug-likeness (QED) is 0.338. The molecular weight excluding hydrogens is 406 g/mol. The number of carbonyl (C=O) groups is 2. The van der Waals surface area contributed by atoms with Crippen molar-refractivity contribution in [2.45, 2.75) is 13.8 Å². The minimum absolute atomic E-state index is 0.138. The highest BCUT2D eigenvalue weighted by Crippen LogP contribution is 2.30. The van der Waals surface area contributed by atoms with Crippen molar-refractivity contribution in [2.75, 3.05) is 6.61 Å². The number of carbonyl (C=O) groups excluding carboxylic acids is 2. The average Bonchev–Trinajstić information content (AvgIpc) is 3.40. The summed E-state index contributed by atoms with van der Waals surface area (Å²) < 4.78 is 6.76. The average molecular weight is 425 g/mol. The van der Waals surface area contributed by atoms with Crippen LogP contribution in [0.25, 0.3) is 27.9 Å². The van der Waals surface area contributed by atoms with Gasteiger partial charge in [0.1, 0.15) is 0 Å². The third-order valence-corrected chi connectivity index (χ3v) is 5.18. The first-order valence-corrected chi connectivity index (χ1v) is 10.1. The fraction of sp³-hybridized carbons (Fsp3) is 0.125. The van der Waals surface area contributed by atoms with Crippen LogP contribution in [0.4, 0.5) is 0 Å². The van der Waals surface area contributed by atoms with Crippen molar-refractivity contribution in [3.8, 4) is 11.3 Å². The fourth-order valence-corrected chi connectivity index (χ4v) is 3.77. The lowest BCUT2D eigenvalue weighted by atomic mass is 10.0. The number of H-pyrrole nitrogens is 1. The molecular formula is C24H19N5O3. The van der Waals surface area contributed by atoms with Crippen LogP contribution in [-0.2, 0) is 4.74 Å². The minimum Gasteiger partial charge on any atom is -0.451 e. The normalized spacial score (nSPS) is 11.2. The molecule has 158 valence electrons. The maximum absolute atomic E-state index is 13.2. The predicted molar refractivity (Wildman–Crippen MR) is 119 cm³/mol. The Balaban J connectivity index is 1.43. The Hall–Kier alpha value is -4.33. The number of ketones is 1. The van der Waals surface area contributed by atoms with E-state index in [-0.39, 0.29) is 11.6 Å². The van der Waals surface area contributed by atoms with E-state index in [1.165, 1.54) is 4.52 Å². The number of aromatic nitrogens is 5. The number of hydrogen-bond donors (Lipinski definition) is 1. The molecule has 32 heavy (non-hydrogen) atoms. The summed E-state index contributed by atoms with van der Waals surface area (Å²) in [6.45, 7) is 3.25. The first-order chi connectivity index (χ1) is 15.5. The van der Waals surface area contributed by atoms with Gasteiger partial charge in [0.05, 0.1) is 11.3 Å². The molecule has 0 aliphatic carbocycles. The van der Waals surface area contributed by atoms with Gasteiger partial charge in [0.25, 0.3) is 11.6 Å². The van der Waals surface area contributed by atoms with Crippen LogP contribution in [0.2, 0.25) is 0 Å². The van der Waals surface area contributed by atoms with Gasteiger partial charge >= 0.3 is 5.97 Å². The summed E-state index contributed by atoms with van der Waals surface area (Å²) in [6, 6.07) is 18.9. The van der Waals surface area contributed by atoms with Gasteiger partial charge in [-0.2, -0.15) is 4.98 Å². The van der Waals surface area contributed by atoms with Crippen LogP contribution < -0.4 is 0 Å². The van der Waals surface area contributed by atoms with Crippen LogP contribution in [0.5, 0.6) is 0 Å². The summed E-state index contributed by atoms with van der Waals surface area (Å²) in [6.07, 6.45) is 0. The number of rotatable bonds is 5. The highest BCUT2D eigenvalue weighted by atomic mass is 16.5. The molecule has 0 bridgehead atoms. The summed E-state index contributed by atoms with van der Waals surface area (Å²) in [4.78, 5) is 37.4. The Bertz CT molecular complexity index is 1480. The zero-order valence-corrected chi connectivity index (χ0v) is 17.5. The molecule has 0 aliphatic rings. The minimum atomic E-state index is -0.776. The van der Waals surface area contributed by atoms with Crippen molar-refractivity contribution >= 4 is 28.4 Å². The predicted octanol–water partition coefficient (Wildman–Crippen LogP) is 3.93. The molecule has 0 spiro atoms. The van der Waals surface area contributed by atoms with E-state index in [0.717, 1.165) is 27.9 Å². The molecule has 0 fully saturated rings. The van der Waals surface area contributed by atoms with Crippen molar-refractivity contribution in [1.29, 1.82) is 0 Å². The fourth-order valence-electron chi connectivity index (χ4n) is 3.77. The number of benzene rings is 2. The Morgan fingerprint density at radius 2 is 1.75 bits per heavy atom. The van der Waals surface area contributed by atoms with Crippen molar-refractivity contribution in [2.24, 2.45) is 0 Å². The van der Waals surface area contributed by atoms with Gasteiger partial charge in [0.15, 0.2) is 6.61 Å². The second-order valence-electron chi connectivity index (χ2n) is 7.47. The van der Waals surface area contributed by atoms with E-state index < -0.39 is 12.6 Å². The summed E-state index contributed by atoms with van der Waals surface area (Å²) in [5.74, 6) is -0.921. The Kier molecular flexibility index (Phi) is 4.74. The van der Waals surface area contributed by atoms with Crippen LogP contribution in [-0.4, -0.2) is 42.9 Å². The van der Waals surface area contributed by atoms with E-state index in [2.05, 4.69) is 20.1 Å². The zero-order chi connectivity index (χ0) is 22.2. The van der Waals surface area contributed by atoms with Gasteiger partial charge in [-0.3, -0.25) is 4.79 Å². The summed E-state index contributed by atoms with van der Waals surface area (Å²) in [5, 5.41) is 4.93. The lowest BCUT2D eigenvalue weighted by Crippen LogP contribution is -2.16. The lowest BCUT2D eigenvalue weighted by molar-refractivity contribution is 0.0463. The Labute approximate surface area is 182 Å². The molecule has 0 amide bonds. The number of nitrogens with zero attached hydrogens (tertiary/aromatic N) is 4. The molecule has 0 unspecified atom stereocenters. The third kappa shape index (κ3) is 3.41. The van der Waals surface area contributed by atoms with E-state index in [1.54, 1.807) is 0 Å². The molecule has 2 aromatic carbocycles. The van der Waals surface area contributed by atoms with Gasteiger partial charge in [-0.25, -0.2) is 14.3 Å². The second kappa shape index (κ2) is 7.73. The highest BCUT2D eigenvalue weighted by Gasteiger charge is 2.23. The first-order valence-electron chi connectivity index (χ1n) is 10.1. The molecule has 0 saturated carbocycles. The topological polar surface area (TPSA) is 102 Å². The van der Waals surface area contributed by atoms with E-state index in [9.17, 15) is 9.59 Å². The maximum atomic E-state index is 13.2. The molecule has 0 atom stereocenters. The number of aryl methyl sites for hydroxylation is 2. The molecule has 3 heterocycles. The van der Waals surface area contributed by atoms with Crippen LogP contribution in [0, 0.1) is 13.8 Å². The van der Waals surface area contributed by atoms with Crippen molar-refractivity contribution in [3.63, 3.8) is 0 Å². The summed E-state index contributed by atoms with van der Waals surface area (Å²) in [7, 11) is 0. The van der Waals surface area contributed by atoms with Crippen LogP contribution >= 0.6 is 0 Å². The molecule has 0 aliphatic heterocycles. The van der Waals surface area contributed by atoms with Crippen molar-refractivity contribution < 1.29 is 14.3 Å². The number of fused-ring (bicyclic) bond motifs is 2. The van der Waals surface area contributed by atoms with Crippen molar-refractivity contribution in [1.82, 2.24) is 24.6 Å². The van der Waals surface area contributed by atoms with Gasteiger partial charge in [-0.15, -0.1) is 5.10 Å². The highest BCUT2D eigenvalue weighted by molar-refractivity contribution is 6.14. The molecule has 5 rings (SSSR count). The van der Waals surface area contributed by atoms with Gasteiger partial charge in [-0.1, -0.05) is 48.5 Å². The third-order valence-electron chi connectivity index (χ3n) is 5.18. The molecule has 8 heteroatoms. The molecule has 8 nitrogen and oxygen atoms in total. The lowest BCUT2D eigenvalue weighted by Gasteiger charge is -2.05. The Morgan fingerprint density at radius 1 is 1.00 bits per heavy atom. The number of para-hydroxylation sites is 1. The molecule has 3 aromatic heterocycles. The number of aromatic amines is 1. The van der Waals surface area contributed by atoms with Gasteiger partial charge in [0, 0.05) is 22.3 Å². The van der Waals surface area contributed by atoms with E-state index >= 15 is 0 Å². The number of esters is 1. The summed E-state index contributed by atoms with van der Waals surface area (Å²) in [5.41, 5.74) is 4.44. The molecule has 1 N–H and O–H groups in total. The van der Waals surface area contributed by atoms with Gasteiger partial charge in [-0.05, 0) is 31.5 Å². The molecule has 0 radical (unpaired) electrons. The van der Waals surface area contributed by atoms with Gasteiger partial charge < -0.3 is 9.72 Å². The first kappa shape index (κ1) is 19.6. The van der Waals surface area contributed by atoms with E-state index in [1.807, 2.05) is 74.5 Å². The maximum Gasteiger partial charge on any atom is 0.378 e. The number of hydrogen-bond acceptors (Lipinski definition) is 6. The standard InChI is InChI=1S/C24H19N5O3/c1-14-12-15(2)29-24(25-14)27-22(28-29)23(31)32-13-19(30)20-17-10-6-7-11-18(17)26-21(20)16-8-4-3-5-9-16/h3-12,26H,13H2,1-2H3. The monoisotopic (exact) mass is 425 g/mol. The smallest absolute Gasteiger partial charge is 0.378 e. The number of ether oxygens (including phenoxy) is 1.